The third-order valence-corrected chi connectivity index (χ3v) is 6.49. The molecule has 162 valence electrons. The van der Waals surface area contributed by atoms with Crippen molar-refractivity contribution in [3.63, 3.8) is 0 Å². The van der Waals surface area contributed by atoms with E-state index in [4.69, 9.17) is 0 Å². The monoisotopic (exact) mass is 429 g/mol. The zero-order valence-electron chi connectivity index (χ0n) is 17.8. The Labute approximate surface area is 179 Å². The van der Waals surface area contributed by atoms with E-state index in [1.165, 1.54) is 24.8 Å². The molecular weight excluding hydrogens is 398 g/mol. The number of rotatable bonds is 8. The van der Waals surface area contributed by atoms with E-state index in [-0.39, 0.29) is 12.5 Å². The fourth-order valence-corrected chi connectivity index (χ4v) is 4.56. The molecule has 0 spiro atoms. The average Bonchev–Trinajstić information content (AvgIpc) is 2.71. The van der Waals surface area contributed by atoms with Crippen LogP contribution in [0.3, 0.4) is 0 Å². The van der Waals surface area contributed by atoms with Crippen LogP contribution in [0.4, 0.5) is 5.69 Å². The minimum Gasteiger partial charge on any atom is -0.350 e. The Morgan fingerprint density at radius 3 is 2.33 bits per heavy atom. The highest BCUT2D eigenvalue weighted by atomic mass is 32.2. The van der Waals surface area contributed by atoms with Crippen LogP contribution in [0.15, 0.2) is 48.5 Å². The highest BCUT2D eigenvalue weighted by Gasteiger charge is 2.20. The molecule has 0 aromatic heterocycles. The molecule has 0 unspecified atom stereocenters. The molecule has 3 rings (SSSR count). The van der Waals surface area contributed by atoms with Crippen molar-refractivity contribution in [1.29, 1.82) is 0 Å². The van der Waals surface area contributed by atoms with Crippen molar-refractivity contribution < 1.29 is 13.2 Å². The van der Waals surface area contributed by atoms with E-state index < -0.39 is 10.0 Å². The molecule has 1 aliphatic heterocycles. The number of nitrogens with zero attached hydrogens (tertiary/aromatic N) is 2. The summed E-state index contributed by atoms with van der Waals surface area (Å²) in [7, 11) is -3.56. The first-order chi connectivity index (χ1) is 14.3. The molecule has 1 amide bonds. The van der Waals surface area contributed by atoms with E-state index in [9.17, 15) is 13.2 Å². The quantitative estimate of drug-likeness (QED) is 0.700. The number of carbonyl (C=O) groups is 1. The molecule has 1 fully saturated rings. The van der Waals surface area contributed by atoms with Gasteiger partial charge in [-0.1, -0.05) is 42.8 Å². The minimum absolute atomic E-state index is 0.241. The van der Waals surface area contributed by atoms with Crippen molar-refractivity contribution in [1.82, 2.24) is 10.2 Å². The van der Waals surface area contributed by atoms with Crippen LogP contribution in [-0.2, 0) is 27.9 Å². The molecule has 30 heavy (non-hydrogen) atoms. The van der Waals surface area contributed by atoms with Crippen molar-refractivity contribution in [3.05, 3.63) is 65.2 Å². The minimum atomic E-state index is -3.56. The van der Waals surface area contributed by atoms with Gasteiger partial charge in [-0.25, -0.2) is 8.42 Å². The van der Waals surface area contributed by atoms with Gasteiger partial charge in [-0.15, -0.1) is 0 Å². The van der Waals surface area contributed by atoms with Gasteiger partial charge in [-0.2, -0.15) is 0 Å². The summed E-state index contributed by atoms with van der Waals surface area (Å²) in [6.45, 7) is 5.31. The number of anilines is 1. The first kappa shape index (κ1) is 22.3. The van der Waals surface area contributed by atoms with Gasteiger partial charge in [0.05, 0.1) is 11.9 Å². The first-order valence-corrected chi connectivity index (χ1v) is 12.3. The Balaban J connectivity index is 1.55. The van der Waals surface area contributed by atoms with Gasteiger partial charge in [0, 0.05) is 13.1 Å². The summed E-state index contributed by atoms with van der Waals surface area (Å²) in [5, 5.41) is 2.83. The second kappa shape index (κ2) is 10.1. The zero-order valence-corrected chi connectivity index (χ0v) is 18.6. The van der Waals surface area contributed by atoms with Crippen LogP contribution in [0.25, 0.3) is 0 Å². The topological polar surface area (TPSA) is 69.7 Å². The van der Waals surface area contributed by atoms with Crippen LogP contribution in [0, 0.1) is 6.92 Å². The fraction of sp³-hybridized carbons (Fsp3) is 0.435. The number of benzene rings is 2. The number of piperidine rings is 1. The molecule has 1 N–H and O–H groups in total. The van der Waals surface area contributed by atoms with Gasteiger partial charge in [0.1, 0.15) is 6.54 Å². The number of hydrogen-bond acceptors (Lipinski definition) is 4. The third kappa shape index (κ3) is 6.57. The van der Waals surface area contributed by atoms with E-state index in [1.54, 1.807) is 18.2 Å². The molecule has 0 aliphatic carbocycles. The number of likely N-dealkylation sites (tertiary alicyclic amines) is 1. The Morgan fingerprint density at radius 1 is 1.03 bits per heavy atom. The molecule has 1 saturated heterocycles. The SMILES string of the molecule is Cc1cccc(N(CC(=O)NCc2ccc(CN3CCCCC3)cc2)S(C)(=O)=O)c1. The van der Waals surface area contributed by atoms with E-state index in [2.05, 4.69) is 22.3 Å². The van der Waals surface area contributed by atoms with Gasteiger partial charge in [-0.05, 0) is 61.7 Å². The van der Waals surface area contributed by atoms with E-state index >= 15 is 0 Å². The summed E-state index contributed by atoms with van der Waals surface area (Å²) in [6, 6.07) is 15.4. The maximum atomic E-state index is 12.4. The van der Waals surface area contributed by atoms with Gasteiger partial charge in [-0.3, -0.25) is 14.0 Å². The van der Waals surface area contributed by atoms with Crippen LogP contribution < -0.4 is 9.62 Å². The normalized spacial score (nSPS) is 15.0. The number of amides is 1. The number of nitrogens with one attached hydrogen (secondary N) is 1. The molecule has 0 radical (unpaired) electrons. The summed E-state index contributed by atoms with van der Waals surface area (Å²) < 4.78 is 25.5. The summed E-state index contributed by atoms with van der Waals surface area (Å²) in [5.74, 6) is -0.334. The largest absolute Gasteiger partial charge is 0.350 e. The lowest BCUT2D eigenvalue weighted by Crippen LogP contribution is -2.40. The van der Waals surface area contributed by atoms with E-state index in [1.807, 2.05) is 25.1 Å². The standard InChI is InChI=1S/C23H31N3O3S/c1-19-7-6-8-22(15-19)26(30(2,28)29)18-23(27)24-16-20-9-11-21(12-10-20)17-25-13-4-3-5-14-25/h6-12,15H,3-5,13-14,16-18H2,1-2H3,(H,24,27). The van der Waals surface area contributed by atoms with Gasteiger partial charge in [0.15, 0.2) is 0 Å². The summed E-state index contributed by atoms with van der Waals surface area (Å²) >= 11 is 0. The molecular formula is C23H31N3O3S. The Kier molecular flexibility index (Phi) is 7.50. The summed E-state index contributed by atoms with van der Waals surface area (Å²) in [4.78, 5) is 14.9. The maximum Gasteiger partial charge on any atom is 0.241 e. The number of hydrogen-bond donors (Lipinski definition) is 1. The first-order valence-electron chi connectivity index (χ1n) is 10.4. The summed E-state index contributed by atoms with van der Waals surface area (Å²) in [5.41, 5.74) is 3.70. The van der Waals surface area contributed by atoms with Crippen LogP contribution >= 0.6 is 0 Å². The summed E-state index contributed by atoms with van der Waals surface area (Å²) in [6.07, 6.45) is 4.99. The third-order valence-electron chi connectivity index (χ3n) is 5.34. The predicted octanol–water partition coefficient (Wildman–Crippen LogP) is 3.06. The van der Waals surface area contributed by atoms with Crippen LogP contribution in [0.1, 0.15) is 36.0 Å². The lowest BCUT2D eigenvalue weighted by atomic mass is 10.1. The second-order valence-corrected chi connectivity index (χ2v) is 9.95. The second-order valence-electron chi connectivity index (χ2n) is 8.04. The van der Waals surface area contributed by atoms with E-state index in [0.29, 0.717) is 12.2 Å². The lowest BCUT2D eigenvalue weighted by Gasteiger charge is -2.26. The van der Waals surface area contributed by atoms with Crippen molar-refractivity contribution in [3.8, 4) is 0 Å². The Hall–Kier alpha value is -2.38. The molecule has 0 atom stereocenters. The Bertz CT molecular complexity index is 952. The molecule has 1 aliphatic rings. The molecule has 0 bridgehead atoms. The molecule has 2 aromatic carbocycles. The fourth-order valence-electron chi connectivity index (χ4n) is 3.71. The zero-order chi connectivity index (χ0) is 21.6. The highest BCUT2D eigenvalue weighted by molar-refractivity contribution is 7.92. The van der Waals surface area contributed by atoms with Crippen molar-refractivity contribution in [2.45, 2.75) is 39.3 Å². The number of carbonyl (C=O) groups excluding carboxylic acids is 1. The van der Waals surface area contributed by atoms with Crippen molar-refractivity contribution in [2.75, 3.05) is 30.2 Å². The van der Waals surface area contributed by atoms with Crippen LogP contribution in [0.2, 0.25) is 0 Å². The van der Waals surface area contributed by atoms with Crippen molar-refractivity contribution in [2.24, 2.45) is 0 Å². The van der Waals surface area contributed by atoms with Crippen LogP contribution in [0.5, 0.6) is 0 Å². The predicted molar refractivity (Wildman–Crippen MR) is 121 cm³/mol. The molecule has 0 saturated carbocycles. The lowest BCUT2D eigenvalue weighted by molar-refractivity contribution is -0.119. The molecule has 2 aromatic rings. The number of aryl methyl sites for hydroxylation is 1. The number of sulfonamides is 1. The van der Waals surface area contributed by atoms with Gasteiger partial charge < -0.3 is 5.32 Å². The molecule has 1 heterocycles. The van der Waals surface area contributed by atoms with Gasteiger partial charge >= 0.3 is 0 Å². The van der Waals surface area contributed by atoms with E-state index in [0.717, 1.165) is 41.3 Å². The highest BCUT2D eigenvalue weighted by Crippen LogP contribution is 2.18. The van der Waals surface area contributed by atoms with Gasteiger partial charge in [0.2, 0.25) is 15.9 Å². The molecule has 6 nitrogen and oxygen atoms in total. The van der Waals surface area contributed by atoms with Gasteiger partial charge in [0.25, 0.3) is 0 Å². The van der Waals surface area contributed by atoms with Crippen LogP contribution in [-0.4, -0.2) is 45.1 Å². The maximum absolute atomic E-state index is 12.4. The molecule has 7 heteroatoms. The Morgan fingerprint density at radius 2 is 1.70 bits per heavy atom. The smallest absolute Gasteiger partial charge is 0.241 e. The average molecular weight is 430 g/mol. The van der Waals surface area contributed by atoms with Crippen molar-refractivity contribution >= 4 is 21.6 Å².